The molecule has 0 radical (unpaired) electrons. The van der Waals surface area contributed by atoms with Crippen LogP contribution in [0.4, 0.5) is 5.82 Å². The molecule has 0 bridgehead atoms. The van der Waals surface area contributed by atoms with Crippen LogP contribution in [0.3, 0.4) is 0 Å². The molecule has 0 saturated heterocycles. The van der Waals surface area contributed by atoms with Crippen molar-refractivity contribution in [2.24, 2.45) is 11.8 Å². The van der Waals surface area contributed by atoms with E-state index in [9.17, 15) is 0 Å². The first kappa shape index (κ1) is 12.9. The maximum atomic E-state index is 8.81. The van der Waals surface area contributed by atoms with Crippen molar-refractivity contribution in [1.82, 2.24) is 4.98 Å². The molecule has 0 atom stereocenters. The Balaban J connectivity index is 1.73. The normalized spacial score (nSPS) is 23.3. The highest BCUT2D eigenvalue weighted by Crippen LogP contribution is 2.30. The number of aromatic nitrogens is 1. The zero-order valence-electron chi connectivity index (χ0n) is 11.0. The number of rotatable bonds is 4. The molecule has 0 unspecified atom stereocenters. The molecule has 18 heavy (non-hydrogen) atoms. The van der Waals surface area contributed by atoms with Crippen LogP contribution in [-0.4, -0.2) is 11.5 Å². The third-order valence-electron chi connectivity index (χ3n) is 3.88. The van der Waals surface area contributed by atoms with Crippen molar-refractivity contribution in [1.29, 1.82) is 5.26 Å². The minimum atomic E-state index is 0.666. The molecule has 0 aromatic carbocycles. The number of anilines is 1. The monoisotopic (exact) mass is 243 g/mol. The number of hydrogen-bond donors (Lipinski definition) is 1. The first-order chi connectivity index (χ1) is 8.78. The standard InChI is InChI=1S/C15H21N3/c1-12-2-4-13(5-3-12)6-8-17-15-10-14(11-16)7-9-18-15/h7,9-10,12-13H,2-6,8H2,1H3,(H,17,18). The zero-order chi connectivity index (χ0) is 12.8. The number of nitriles is 1. The molecule has 1 aromatic rings. The lowest BCUT2D eigenvalue weighted by Crippen LogP contribution is -2.16. The van der Waals surface area contributed by atoms with Crippen LogP contribution in [-0.2, 0) is 0 Å². The maximum Gasteiger partial charge on any atom is 0.127 e. The first-order valence-electron chi connectivity index (χ1n) is 6.88. The second kappa shape index (κ2) is 6.39. The highest BCUT2D eigenvalue weighted by atomic mass is 15.0. The highest BCUT2D eigenvalue weighted by Gasteiger charge is 2.17. The molecule has 3 nitrogen and oxygen atoms in total. The van der Waals surface area contributed by atoms with Gasteiger partial charge in [-0.25, -0.2) is 4.98 Å². The Bertz CT molecular complexity index is 414. The Hall–Kier alpha value is -1.56. The van der Waals surface area contributed by atoms with Gasteiger partial charge in [0, 0.05) is 12.7 Å². The van der Waals surface area contributed by atoms with Crippen LogP contribution in [0.1, 0.15) is 44.6 Å². The van der Waals surface area contributed by atoms with E-state index in [0.29, 0.717) is 5.56 Å². The van der Waals surface area contributed by atoms with Gasteiger partial charge in [-0.3, -0.25) is 0 Å². The van der Waals surface area contributed by atoms with Gasteiger partial charge in [-0.15, -0.1) is 0 Å². The van der Waals surface area contributed by atoms with Gasteiger partial charge in [-0.1, -0.05) is 32.6 Å². The Morgan fingerprint density at radius 1 is 1.39 bits per heavy atom. The molecule has 0 aliphatic heterocycles. The van der Waals surface area contributed by atoms with Gasteiger partial charge in [0.1, 0.15) is 5.82 Å². The van der Waals surface area contributed by atoms with E-state index in [0.717, 1.165) is 24.2 Å². The lowest BCUT2D eigenvalue weighted by atomic mass is 9.81. The fraction of sp³-hybridized carbons (Fsp3) is 0.600. The van der Waals surface area contributed by atoms with E-state index in [4.69, 9.17) is 5.26 Å². The van der Waals surface area contributed by atoms with E-state index < -0.39 is 0 Å². The Morgan fingerprint density at radius 2 is 2.17 bits per heavy atom. The summed E-state index contributed by atoms with van der Waals surface area (Å²) in [5.41, 5.74) is 0.666. The third kappa shape index (κ3) is 3.73. The Morgan fingerprint density at radius 3 is 2.89 bits per heavy atom. The Kier molecular flexibility index (Phi) is 4.58. The molecule has 1 aliphatic rings. The number of nitrogens with zero attached hydrogens (tertiary/aromatic N) is 2. The van der Waals surface area contributed by atoms with Crippen molar-refractivity contribution in [2.45, 2.75) is 39.0 Å². The lowest BCUT2D eigenvalue weighted by Gasteiger charge is -2.26. The molecule has 1 aliphatic carbocycles. The summed E-state index contributed by atoms with van der Waals surface area (Å²) < 4.78 is 0. The maximum absolute atomic E-state index is 8.81. The van der Waals surface area contributed by atoms with Crippen LogP contribution in [0.25, 0.3) is 0 Å². The van der Waals surface area contributed by atoms with Crippen LogP contribution >= 0.6 is 0 Å². The van der Waals surface area contributed by atoms with Crippen molar-refractivity contribution in [2.75, 3.05) is 11.9 Å². The van der Waals surface area contributed by atoms with Crippen LogP contribution < -0.4 is 5.32 Å². The largest absolute Gasteiger partial charge is 0.370 e. The molecule has 3 heteroatoms. The fourth-order valence-corrected chi connectivity index (χ4v) is 2.62. The van der Waals surface area contributed by atoms with Gasteiger partial charge in [0.15, 0.2) is 0 Å². The van der Waals surface area contributed by atoms with Crippen LogP contribution in [0, 0.1) is 23.2 Å². The van der Waals surface area contributed by atoms with Crippen molar-refractivity contribution < 1.29 is 0 Å². The molecule has 1 heterocycles. The summed E-state index contributed by atoms with van der Waals surface area (Å²) in [6.45, 7) is 3.31. The first-order valence-corrected chi connectivity index (χ1v) is 6.88. The van der Waals surface area contributed by atoms with Gasteiger partial charge < -0.3 is 5.32 Å². The second-order valence-electron chi connectivity index (χ2n) is 5.38. The van der Waals surface area contributed by atoms with E-state index in [2.05, 4.69) is 23.3 Å². The van der Waals surface area contributed by atoms with E-state index >= 15 is 0 Å². The average Bonchev–Trinajstić information content (AvgIpc) is 2.41. The molecule has 0 spiro atoms. The van der Waals surface area contributed by atoms with Gasteiger partial charge in [0.2, 0.25) is 0 Å². The quantitative estimate of drug-likeness (QED) is 0.879. The third-order valence-corrected chi connectivity index (χ3v) is 3.88. The van der Waals surface area contributed by atoms with Crippen LogP contribution in [0.2, 0.25) is 0 Å². The van der Waals surface area contributed by atoms with Crippen molar-refractivity contribution in [3.05, 3.63) is 23.9 Å². The summed E-state index contributed by atoms with van der Waals surface area (Å²) in [7, 11) is 0. The molecule has 0 amide bonds. The minimum Gasteiger partial charge on any atom is -0.370 e. The summed E-state index contributed by atoms with van der Waals surface area (Å²) in [5.74, 6) is 2.61. The van der Waals surface area contributed by atoms with Crippen LogP contribution in [0.5, 0.6) is 0 Å². The smallest absolute Gasteiger partial charge is 0.127 e. The summed E-state index contributed by atoms with van der Waals surface area (Å²) in [5, 5.41) is 12.1. The molecule has 1 aromatic heterocycles. The van der Waals surface area contributed by atoms with Gasteiger partial charge in [-0.05, 0) is 30.4 Å². The molecule has 1 fully saturated rings. The molecular formula is C15H21N3. The summed E-state index contributed by atoms with van der Waals surface area (Å²) >= 11 is 0. The number of nitrogens with one attached hydrogen (secondary N) is 1. The predicted molar refractivity (Wildman–Crippen MR) is 73.2 cm³/mol. The summed E-state index contributed by atoms with van der Waals surface area (Å²) in [4.78, 5) is 4.22. The molecule has 1 N–H and O–H groups in total. The molecule has 1 saturated carbocycles. The van der Waals surface area contributed by atoms with Gasteiger partial charge >= 0.3 is 0 Å². The van der Waals surface area contributed by atoms with E-state index in [1.807, 2.05) is 6.07 Å². The van der Waals surface area contributed by atoms with Gasteiger partial charge in [-0.2, -0.15) is 5.26 Å². The van der Waals surface area contributed by atoms with Crippen LogP contribution in [0.15, 0.2) is 18.3 Å². The minimum absolute atomic E-state index is 0.666. The predicted octanol–water partition coefficient (Wildman–Crippen LogP) is 3.58. The topological polar surface area (TPSA) is 48.7 Å². The van der Waals surface area contributed by atoms with E-state index in [1.165, 1.54) is 32.1 Å². The molecule has 96 valence electrons. The van der Waals surface area contributed by atoms with E-state index in [1.54, 1.807) is 12.3 Å². The summed E-state index contributed by atoms with van der Waals surface area (Å²) in [6.07, 6.45) is 8.40. The van der Waals surface area contributed by atoms with Crippen molar-refractivity contribution >= 4 is 5.82 Å². The summed E-state index contributed by atoms with van der Waals surface area (Å²) in [6, 6.07) is 5.67. The van der Waals surface area contributed by atoms with Gasteiger partial charge in [0.25, 0.3) is 0 Å². The lowest BCUT2D eigenvalue weighted by molar-refractivity contribution is 0.282. The average molecular weight is 243 g/mol. The van der Waals surface area contributed by atoms with E-state index in [-0.39, 0.29) is 0 Å². The number of hydrogen-bond acceptors (Lipinski definition) is 3. The molecular weight excluding hydrogens is 222 g/mol. The highest BCUT2D eigenvalue weighted by molar-refractivity contribution is 5.42. The fourth-order valence-electron chi connectivity index (χ4n) is 2.62. The van der Waals surface area contributed by atoms with Crippen molar-refractivity contribution in [3.8, 4) is 6.07 Å². The van der Waals surface area contributed by atoms with Crippen molar-refractivity contribution in [3.63, 3.8) is 0 Å². The van der Waals surface area contributed by atoms with Gasteiger partial charge in [0.05, 0.1) is 11.6 Å². The second-order valence-corrected chi connectivity index (χ2v) is 5.38. The molecule has 2 rings (SSSR count). The Labute approximate surface area is 109 Å². The zero-order valence-corrected chi connectivity index (χ0v) is 11.0. The SMILES string of the molecule is CC1CCC(CCNc2cc(C#N)ccn2)CC1. The number of pyridine rings is 1.